The van der Waals surface area contributed by atoms with E-state index < -0.39 is 0 Å². The van der Waals surface area contributed by atoms with Crippen LogP contribution >= 0.6 is 0 Å². The number of hydrogen-bond acceptors (Lipinski definition) is 3. The van der Waals surface area contributed by atoms with Crippen molar-refractivity contribution in [2.45, 2.75) is 40.2 Å². The van der Waals surface area contributed by atoms with E-state index in [1.165, 1.54) is 0 Å². The van der Waals surface area contributed by atoms with Crippen molar-refractivity contribution in [2.75, 3.05) is 44.7 Å². The largest absolute Gasteiger partial charge is 0.372 e. The smallest absolute Gasteiger partial charge is 0.146 e. The molecule has 0 bridgehead atoms. The van der Waals surface area contributed by atoms with Crippen molar-refractivity contribution in [3.05, 3.63) is 29.6 Å². The zero-order chi connectivity index (χ0) is 16.4. The van der Waals surface area contributed by atoms with Crippen molar-refractivity contribution >= 4 is 5.69 Å². The van der Waals surface area contributed by atoms with Gasteiger partial charge in [0.2, 0.25) is 0 Å². The van der Waals surface area contributed by atoms with Gasteiger partial charge in [0.25, 0.3) is 0 Å². The van der Waals surface area contributed by atoms with Crippen LogP contribution in [0.4, 0.5) is 10.1 Å². The van der Waals surface area contributed by atoms with Crippen LogP contribution in [-0.2, 0) is 6.54 Å². The summed E-state index contributed by atoms with van der Waals surface area (Å²) < 4.78 is 14.0. The van der Waals surface area contributed by atoms with E-state index in [9.17, 15) is 4.39 Å². The van der Waals surface area contributed by atoms with Crippen molar-refractivity contribution < 1.29 is 4.39 Å². The molecule has 0 spiro atoms. The Morgan fingerprint density at radius 2 is 1.82 bits per heavy atom. The maximum absolute atomic E-state index is 14.0. The molecule has 0 saturated carbocycles. The van der Waals surface area contributed by atoms with E-state index in [0.717, 1.165) is 57.7 Å². The van der Waals surface area contributed by atoms with E-state index in [2.05, 4.69) is 31.0 Å². The van der Waals surface area contributed by atoms with Crippen LogP contribution in [0.15, 0.2) is 18.2 Å². The highest BCUT2D eigenvalue weighted by Crippen LogP contribution is 2.20. The predicted octanol–water partition coefficient (Wildman–Crippen LogP) is 3.49. The normalized spacial score (nSPS) is 11.2. The molecule has 0 unspecified atom stereocenters. The molecule has 4 heteroatoms. The molecular weight excluding hydrogens is 277 g/mol. The standard InChI is InChI=1S/C18H32FN3/c1-5-8-12-21(4)18-14-16(9-10-17(18)19)15-20-11-13-22(6-2)7-3/h9-10,14,20H,5-8,11-13,15H2,1-4H3. The van der Waals surface area contributed by atoms with Gasteiger partial charge in [0.15, 0.2) is 0 Å². The van der Waals surface area contributed by atoms with E-state index in [4.69, 9.17) is 0 Å². The lowest BCUT2D eigenvalue weighted by molar-refractivity contribution is 0.302. The van der Waals surface area contributed by atoms with Crippen LogP contribution in [0.5, 0.6) is 0 Å². The minimum atomic E-state index is -0.134. The molecule has 0 fully saturated rings. The van der Waals surface area contributed by atoms with Gasteiger partial charge in [0.05, 0.1) is 5.69 Å². The molecular formula is C18H32FN3. The molecule has 0 atom stereocenters. The van der Waals surface area contributed by atoms with Crippen molar-refractivity contribution in [2.24, 2.45) is 0 Å². The number of halogens is 1. The van der Waals surface area contributed by atoms with Gasteiger partial charge in [-0.15, -0.1) is 0 Å². The number of hydrogen-bond donors (Lipinski definition) is 1. The first-order valence-electron chi connectivity index (χ1n) is 8.54. The number of nitrogens with zero attached hydrogens (tertiary/aromatic N) is 2. The summed E-state index contributed by atoms with van der Waals surface area (Å²) in [6.07, 6.45) is 2.21. The Kier molecular flexibility index (Phi) is 9.09. The van der Waals surface area contributed by atoms with Crippen molar-refractivity contribution in [1.29, 1.82) is 0 Å². The van der Waals surface area contributed by atoms with Gasteiger partial charge in [-0.05, 0) is 37.2 Å². The highest BCUT2D eigenvalue weighted by molar-refractivity contribution is 5.49. The van der Waals surface area contributed by atoms with Crippen LogP contribution in [0.2, 0.25) is 0 Å². The Bertz CT molecular complexity index is 419. The summed E-state index contributed by atoms with van der Waals surface area (Å²) in [5.74, 6) is -0.134. The fourth-order valence-corrected chi connectivity index (χ4v) is 2.49. The summed E-state index contributed by atoms with van der Waals surface area (Å²) in [4.78, 5) is 4.40. The molecule has 1 aromatic carbocycles. The van der Waals surface area contributed by atoms with Gasteiger partial charge in [0.1, 0.15) is 5.82 Å². The number of likely N-dealkylation sites (N-methyl/N-ethyl adjacent to an activating group) is 1. The molecule has 0 heterocycles. The van der Waals surface area contributed by atoms with Crippen molar-refractivity contribution in [3.63, 3.8) is 0 Å². The zero-order valence-corrected chi connectivity index (χ0v) is 14.7. The summed E-state index contributed by atoms with van der Waals surface area (Å²) in [6, 6.07) is 5.42. The number of anilines is 1. The molecule has 0 aliphatic rings. The highest BCUT2D eigenvalue weighted by Gasteiger charge is 2.08. The van der Waals surface area contributed by atoms with Gasteiger partial charge in [0, 0.05) is 33.2 Å². The minimum Gasteiger partial charge on any atom is -0.372 e. The highest BCUT2D eigenvalue weighted by atomic mass is 19.1. The second-order valence-electron chi connectivity index (χ2n) is 5.76. The minimum absolute atomic E-state index is 0.134. The van der Waals surface area contributed by atoms with E-state index in [1.54, 1.807) is 6.07 Å². The number of unbranched alkanes of at least 4 members (excludes halogenated alkanes) is 1. The summed E-state index contributed by atoms with van der Waals surface area (Å²) in [7, 11) is 1.96. The Morgan fingerprint density at radius 1 is 1.09 bits per heavy atom. The summed E-state index contributed by atoms with van der Waals surface area (Å²) in [5.41, 5.74) is 1.84. The van der Waals surface area contributed by atoms with Gasteiger partial charge >= 0.3 is 0 Å². The number of benzene rings is 1. The van der Waals surface area contributed by atoms with E-state index >= 15 is 0 Å². The number of rotatable bonds is 11. The topological polar surface area (TPSA) is 18.5 Å². The SMILES string of the molecule is CCCCN(C)c1cc(CNCCN(CC)CC)ccc1F. The van der Waals surface area contributed by atoms with Crippen LogP contribution in [0, 0.1) is 5.82 Å². The summed E-state index contributed by atoms with van der Waals surface area (Å²) >= 11 is 0. The van der Waals surface area contributed by atoms with Gasteiger partial charge in [-0.25, -0.2) is 4.39 Å². The molecule has 126 valence electrons. The van der Waals surface area contributed by atoms with Crippen LogP contribution in [0.25, 0.3) is 0 Å². The average Bonchev–Trinajstić information content (AvgIpc) is 2.54. The molecule has 0 radical (unpaired) electrons. The second kappa shape index (κ2) is 10.6. The lowest BCUT2D eigenvalue weighted by Crippen LogP contribution is -2.31. The monoisotopic (exact) mass is 309 g/mol. The molecule has 0 aliphatic heterocycles. The Labute approximate surface area is 135 Å². The summed E-state index contributed by atoms with van der Waals surface area (Å²) in [5, 5.41) is 3.45. The van der Waals surface area contributed by atoms with Crippen molar-refractivity contribution in [1.82, 2.24) is 10.2 Å². The first kappa shape index (κ1) is 18.9. The van der Waals surface area contributed by atoms with Crippen LogP contribution in [0.1, 0.15) is 39.2 Å². The van der Waals surface area contributed by atoms with Crippen LogP contribution in [0.3, 0.4) is 0 Å². The first-order chi connectivity index (χ1) is 10.6. The van der Waals surface area contributed by atoms with Crippen LogP contribution in [-0.4, -0.2) is 44.7 Å². The molecule has 0 saturated heterocycles. The quantitative estimate of drug-likeness (QED) is 0.631. The van der Waals surface area contributed by atoms with Gasteiger partial charge in [-0.3, -0.25) is 0 Å². The zero-order valence-electron chi connectivity index (χ0n) is 14.7. The van der Waals surface area contributed by atoms with Gasteiger partial charge in [-0.2, -0.15) is 0 Å². The molecule has 22 heavy (non-hydrogen) atoms. The van der Waals surface area contributed by atoms with E-state index in [-0.39, 0.29) is 5.82 Å². The lowest BCUT2D eigenvalue weighted by atomic mass is 10.1. The Morgan fingerprint density at radius 3 is 2.45 bits per heavy atom. The molecule has 0 aliphatic carbocycles. The molecule has 3 nitrogen and oxygen atoms in total. The average molecular weight is 309 g/mol. The third-order valence-corrected chi connectivity index (χ3v) is 4.10. The molecule has 0 aromatic heterocycles. The van der Waals surface area contributed by atoms with E-state index in [1.807, 2.05) is 24.1 Å². The lowest BCUT2D eigenvalue weighted by Gasteiger charge is -2.21. The second-order valence-corrected chi connectivity index (χ2v) is 5.76. The molecule has 1 rings (SSSR count). The molecule has 0 amide bonds. The Balaban J connectivity index is 2.50. The van der Waals surface area contributed by atoms with Crippen molar-refractivity contribution in [3.8, 4) is 0 Å². The molecule has 1 aromatic rings. The maximum atomic E-state index is 14.0. The third kappa shape index (κ3) is 6.32. The van der Waals surface area contributed by atoms with Gasteiger partial charge in [-0.1, -0.05) is 33.3 Å². The third-order valence-electron chi connectivity index (χ3n) is 4.10. The summed E-state index contributed by atoms with van der Waals surface area (Å²) in [6.45, 7) is 12.4. The van der Waals surface area contributed by atoms with E-state index in [0.29, 0.717) is 5.69 Å². The Hall–Kier alpha value is -1.13. The van der Waals surface area contributed by atoms with Gasteiger partial charge < -0.3 is 15.1 Å². The fraction of sp³-hybridized carbons (Fsp3) is 0.667. The first-order valence-corrected chi connectivity index (χ1v) is 8.54. The number of nitrogens with one attached hydrogen (secondary N) is 1. The molecule has 1 N–H and O–H groups in total. The van der Waals surface area contributed by atoms with Crippen LogP contribution < -0.4 is 10.2 Å². The maximum Gasteiger partial charge on any atom is 0.146 e. The predicted molar refractivity (Wildman–Crippen MR) is 94.1 cm³/mol. The fourth-order valence-electron chi connectivity index (χ4n) is 2.49.